The molecule has 0 spiro atoms. The van der Waals surface area contributed by atoms with E-state index in [4.69, 9.17) is 9.97 Å². The first-order chi connectivity index (χ1) is 27.7. The standard InChI is InChI=1S/C53H33N3/c1-30-41-26-33-13-2-3-14-34(33)27-43(41)44-29-47-49(50-38-17-7-6-16-37(38)48(30)51(44)50)40-19-9-11-21-46(40)56(47)53-39-18-8-10-20-45(39)54-52(55-53)35-25-24-32-23-22-31-12-4-5-15-36(31)42(32)28-35/h2-30,48H,1H3/t30?,48-/m1/s1. The van der Waals surface area contributed by atoms with Crippen LogP contribution in [-0.2, 0) is 0 Å². The van der Waals surface area contributed by atoms with Crippen LogP contribution in [0.5, 0.6) is 0 Å². The minimum Gasteiger partial charge on any atom is -0.293 e. The summed E-state index contributed by atoms with van der Waals surface area (Å²) in [4.78, 5) is 10.8. The Balaban J connectivity index is 1.16. The van der Waals surface area contributed by atoms with E-state index >= 15 is 0 Å². The van der Waals surface area contributed by atoms with Crippen LogP contribution in [0.2, 0.25) is 0 Å². The molecule has 0 amide bonds. The number of hydrogen-bond donors (Lipinski definition) is 0. The molecule has 1 unspecified atom stereocenters. The number of hydrogen-bond acceptors (Lipinski definition) is 2. The van der Waals surface area contributed by atoms with E-state index in [2.05, 4.69) is 181 Å². The Hall–Kier alpha value is -7.10. The number of nitrogens with zero attached hydrogens (tertiary/aromatic N) is 3. The second-order valence-corrected chi connectivity index (χ2v) is 15.7. The molecule has 2 atom stereocenters. The maximum Gasteiger partial charge on any atom is 0.162 e. The van der Waals surface area contributed by atoms with Crippen molar-refractivity contribution in [1.29, 1.82) is 0 Å². The smallest absolute Gasteiger partial charge is 0.162 e. The number of rotatable bonds is 2. The zero-order chi connectivity index (χ0) is 36.6. The first-order valence-corrected chi connectivity index (χ1v) is 19.6. The molecule has 3 nitrogen and oxygen atoms in total. The maximum absolute atomic E-state index is 5.57. The lowest BCUT2D eigenvalue weighted by Crippen LogP contribution is -2.15. The molecule has 56 heavy (non-hydrogen) atoms. The van der Waals surface area contributed by atoms with Crippen molar-refractivity contribution in [2.75, 3.05) is 0 Å². The second kappa shape index (κ2) is 11.0. The molecular formula is C53H33N3. The summed E-state index contributed by atoms with van der Waals surface area (Å²) in [6, 6.07) is 62.4. The Morgan fingerprint density at radius 1 is 0.464 bits per heavy atom. The largest absolute Gasteiger partial charge is 0.293 e. The summed E-state index contributed by atoms with van der Waals surface area (Å²) in [6.07, 6.45) is 0. The van der Waals surface area contributed by atoms with Gasteiger partial charge < -0.3 is 0 Å². The maximum atomic E-state index is 5.57. The summed E-state index contributed by atoms with van der Waals surface area (Å²) < 4.78 is 2.43. The van der Waals surface area contributed by atoms with Crippen LogP contribution < -0.4 is 0 Å². The third-order valence-electron chi connectivity index (χ3n) is 12.9. The van der Waals surface area contributed by atoms with E-state index < -0.39 is 0 Å². The van der Waals surface area contributed by atoms with Gasteiger partial charge in [0, 0.05) is 27.6 Å². The van der Waals surface area contributed by atoms with Gasteiger partial charge in [0.1, 0.15) is 5.82 Å². The molecule has 0 radical (unpaired) electrons. The van der Waals surface area contributed by atoms with Gasteiger partial charge in [0.25, 0.3) is 0 Å². The molecule has 2 aliphatic rings. The van der Waals surface area contributed by atoms with Gasteiger partial charge in [-0.05, 0) is 114 Å². The van der Waals surface area contributed by atoms with Crippen molar-refractivity contribution in [2.45, 2.75) is 18.8 Å². The highest BCUT2D eigenvalue weighted by molar-refractivity contribution is 6.20. The van der Waals surface area contributed by atoms with Crippen molar-refractivity contribution in [1.82, 2.24) is 14.5 Å². The zero-order valence-corrected chi connectivity index (χ0v) is 30.7. The highest BCUT2D eigenvalue weighted by Gasteiger charge is 2.41. The normalized spacial score (nSPS) is 15.6. The van der Waals surface area contributed by atoms with E-state index in [1.54, 1.807) is 0 Å². The molecule has 2 aliphatic carbocycles. The van der Waals surface area contributed by atoms with Crippen LogP contribution in [0.4, 0.5) is 0 Å². The zero-order valence-electron chi connectivity index (χ0n) is 30.7. The van der Waals surface area contributed by atoms with Crippen molar-refractivity contribution in [3.8, 4) is 39.5 Å². The van der Waals surface area contributed by atoms with Crippen molar-refractivity contribution < 1.29 is 0 Å². The minimum atomic E-state index is 0.284. The van der Waals surface area contributed by atoms with Gasteiger partial charge in [-0.1, -0.05) is 140 Å². The van der Waals surface area contributed by atoms with Gasteiger partial charge in [-0.15, -0.1) is 0 Å². The van der Waals surface area contributed by atoms with Crippen molar-refractivity contribution >= 4 is 65.0 Å². The fraction of sp³-hybridized carbons (Fsp3) is 0.0566. The van der Waals surface area contributed by atoms with Gasteiger partial charge in [-0.25, -0.2) is 9.97 Å². The predicted molar refractivity (Wildman–Crippen MR) is 233 cm³/mol. The number of benzene rings is 9. The van der Waals surface area contributed by atoms with Crippen molar-refractivity contribution in [2.24, 2.45) is 0 Å². The topological polar surface area (TPSA) is 30.7 Å². The lowest BCUT2D eigenvalue weighted by Gasteiger charge is -2.32. The highest BCUT2D eigenvalue weighted by atomic mass is 15.1. The van der Waals surface area contributed by atoms with Gasteiger partial charge in [0.05, 0.1) is 16.6 Å². The lowest BCUT2D eigenvalue weighted by molar-refractivity contribution is 0.663. The van der Waals surface area contributed by atoms with Crippen molar-refractivity contribution in [3.05, 3.63) is 187 Å². The molecule has 9 aromatic carbocycles. The van der Waals surface area contributed by atoms with Crippen molar-refractivity contribution in [3.63, 3.8) is 0 Å². The van der Waals surface area contributed by atoms with E-state index in [0.29, 0.717) is 5.92 Å². The van der Waals surface area contributed by atoms with Gasteiger partial charge >= 0.3 is 0 Å². The summed E-state index contributed by atoms with van der Waals surface area (Å²) >= 11 is 0. The van der Waals surface area contributed by atoms with Crippen LogP contribution in [0.25, 0.3) is 104 Å². The molecule has 2 heterocycles. The first-order valence-electron chi connectivity index (χ1n) is 19.6. The number of para-hydroxylation sites is 2. The Kier molecular flexibility index (Phi) is 5.94. The van der Waals surface area contributed by atoms with Crippen LogP contribution in [0, 0.1) is 0 Å². The van der Waals surface area contributed by atoms with Gasteiger partial charge in [-0.3, -0.25) is 4.57 Å². The lowest BCUT2D eigenvalue weighted by atomic mass is 9.71. The van der Waals surface area contributed by atoms with E-state index in [1.807, 2.05) is 0 Å². The molecular weight excluding hydrogens is 679 g/mol. The Labute approximate surface area is 323 Å². The molecule has 260 valence electrons. The van der Waals surface area contributed by atoms with Crippen LogP contribution in [0.15, 0.2) is 170 Å². The molecule has 0 N–H and O–H groups in total. The molecule has 0 fully saturated rings. The first kappa shape index (κ1) is 30.3. The molecule has 0 bridgehead atoms. The molecule has 13 rings (SSSR count). The molecule has 2 aromatic heterocycles. The van der Waals surface area contributed by atoms with E-state index in [0.717, 1.165) is 33.6 Å². The summed E-state index contributed by atoms with van der Waals surface area (Å²) in [5, 5.41) is 11.0. The molecule has 0 saturated carbocycles. The summed E-state index contributed by atoms with van der Waals surface area (Å²) in [6.45, 7) is 2.44. The van der Waals surface area contributed by atoms with E-state index in [-0.39, 0.29) is 5.92 Å². The van der Waals surface area contributed by atoms with E-state index in [1.165, 1.54) is 87.6 Å². The van der Waals surface area contributed by atoms with E-state index in [9.17, 15) is 0 Å². The molecule has 0 saturated heterocycles. The fourth-order valence-electron chi connectivity index (χ4n) is 10.4. The monoisotopic (exact) mass is 711 g/mol. The second-order valence-electron chi connectivity index (χ2n) is 15.7. The fourth-order valence-corrected chi connectivity index (χ4v) is 10.4. The third-order valence-corrected chi connectivity index (χ3v) is 12.9. The summed E-state index contributed by atoms with van der Waals surface area (Å²) in [5.41, 5.74) is 14.0. The Morgan fingerprint density at radius 3 is 2.02 bits per heavy atom. The number of aromatic nitrogens is 3. The van der Waals surface area contributed by atoms with Crippen LogP contribution >= 0.6 is 0 Å². The van der Waals surface area contributed by atoms with Gasteiger partial charge in [0.2, 0.25) is 0 Å². The highest BCUT2D eigenvalue weighted by Crippen LogP contribution is 2.61. The summed E-state index contributed by atoms with van der Waals surface area (Å²) in [7, 11) is 0. The van der Waals surface area contributed by atoms with Crippen LogP contribution in [0.3, 0.4) is 0 Å². The molecule has 3 heteroatoms. The SMILES string of the molecule is CC1c2cc3ccccc3cc2-c2cc3c(c4c2[C@H]1c1ccccc1-4)c1ccccc1n3-c1nc(-c2ccc3ccc4ccccc4c3c2)nc2ccccc12. The van der Waals surface area contributed by atoms with Gasteiger partial charge in [0.15, 0.2) is 5.82 Å². The molecule has 0 aliphatic heterocycles. The van der Waals surface area contributed by atoms with Gasteiger partial charge in [-0.2, -0.15) is 0 Å². The minimum absolute atomic E-state index is 0.284. The molecule has 11 aromatic rings. The quantitative estimate of drug-likeness (QED) is 0.167. The average molecular weight is 712 g/mol. The predicted octanol–water partition coefficient (Wildman–Crippen LogP) is 13.7. The van der Waals surface area contributed by atoms with Crippen LogP contribution in [0.1, 0.15) is 35.4 Å². The summed E-state index contributed by atoms with van der Waals surface area (Å²) in [5.74, 6) is 2.24. The van der Waals surface area contributed by atoms with Crippen LogP contribution in [-0.4, -0.2) is 14.5 Å². The third kappa shape index (κ3) is 3.96. The number of fused-ring (bicyclic) bond motifs is 14. The average Bonchev–Trinajstić information content (AvgIpc) is 3.77. The Bertz CT molecular complexity index is 3520. The Morgan fingerprint density at radius 2 is 1.14 bits per heavy atom.